The van der Waals surface area contributed by atoms with E-state index in [4.69, 9.17) is 4.74 Å². The molecule has 0 aliphatic rings. The molecule has 2 heterocycles. The lowest BCUT2D eigenvalue weighted by Crippen LogP contribution is -2.22. The molecule has 8 heteroatoms. The number of anilines is 2. The normalized spacial score (nSPS) is 10.8. The number of nitrogens with one attached hydrogen (secondary N) is 1. The Hall–Kier alpha value is -2.38. The van der Waals surface area contributed by atoms with Gasteiger partial charge in [0.05, 0.1) is 12.6 Å². The molecule has 0 radical (unpaired) electrons. The van der Waals surface area contributed by atoms with Gasteiger partial charge in [0, 0.05) is 33.5 Å². The van der Waals surface area contributed by atoms with Crippen molar-refractivity contribution in [2.75, 3.05) is 24.3 Å². The van der Waals surface area contributed by atoms with Crippen molar-refractivity contribution in [3.05, 3.63) is 18.2 Å². The molecule has 0 fully saturated rings. The maximum atomic E-state index is 5.56. The number of rotatable bonds is 6. The van der Waals surface area contributed by atoms with Gasteiger partial charge < -0.3 is 19.5 Å². The first-order chi connectivity index (χ1) is 9.99. The third-order valence-corrected chi connectivity index (χ3v) is 2.81. The number of aromatic nitrogens is 5. The molecule has 21 heavy (non-hydrogen) atoms. The van der Waals surface area contributed by atoms with E-state index in [9.17, 15) is 0 Å². The van der Waals surface area contributed by atoms with Gasteiger partial charge in [0.1, 0.15) is 5.82 Å². The fraction of sp³-hybridized carbons (Fsp3) is 0.538. The highest BCUT2D eigenvalue weighted by Gasteiger charge is 2.13. The number of hydrogen-bond donors (Lipinski definition) is 1. The zero-order valence-corrected chi connectivity index (χ0v) is 13.0. The van der Waals surface area contributed by atoms with Crippen LogP contribution in [0.5, 0.6) is 6.01 Å². The van der Waals surface area contributed by atoms with E-state index in [-0.39, 0.29) is 6.10 Å². The quantitative estimate of drug-likeness (QED) is 0.852. The maximum absolute atomic E-state index is 5.56. The number of ether oxygens (including phenoxy) is 1. The summed E-state index contributed by atoms with van der Waals surface area (Å²) in [7, 11) is 5.62. The van der Waals surface area contributed by atoms with Crippen molar-refractivity contribution in [3.63, 3.8) is 0 Å². The van der Waals surface area contributed by atoms with Crippen LogP contribution in [-0.2, 0) is 13.6 Å². The van der Waals surface area contributed by atoms with Gasteiger partial charge in [0.15, 0.2) is 0 Å². The van der Waals surface area contributed by atoms with Crippen molar-refractivity contribution in [2.24, 2.45) is 7.05 Å². The molecule has 0 aromatic carbocycles. The molecule has 2 aromatic rings. The minimum absolute atomic E-state index is 0.00445. The molecule has 0 atom stereocenters. The number of nitrogens with zero attached hydrogens (tertiary/aromatic N) is 6. The highest BCUT2D eigenvalue weighted by atomic mass is 16.5. The van der Waals surface area contributed by atoms with Crippen LogP contribution in [-0.4, -0.2) is 44.7 Å². The van der Waals surface area contributed by atoms with Gasteiger partial charge in [-0.2, -0.15) is 15.0 Å². The average Bonchev–Trinajstić information content (AvgIpc) is 2.83. The van der Waals surface area contributed by atoms with Crippen molar-refractivity contribution >= 4 is 11.9 Å². The molecule has 0 saturated heterocycles. The second-order valence-electron chi connectivity index (χ2n) is 4.97. The predicted octanol–water partition coefficient (Wildman–Crippen LogP) is 1.07. The molecule has 8 nitrogen and oxygen atoms in total. The van der Waals surface area contributed by atoms with E-state index in [1.54, 1.807) is 13.2 Å². The highest BCUT2D eigenvalue weighted by Crippen LogP contribution is 2.16. The lowest BCUT2D eigenvalue weighted by atomic mass is 10.5. The molecule has 0 unspecified atom stereocenters. The van der Waals surface area contributed by atoms with Crippen LogP contribution in [0.15, 0.2) is 12.4 Å². The van der Waals surface area contributed by atoms with E-state index in [0.717, 1.165) is 5.82 Å². The summed E-state index contributed by atoms with van der Waals surface area (Å²) in [4.78, 5) is 19.1. The fourth-order valence-electron chi connectivity index (χ4n) is 1.72. The minimum atomic E-state index is 0.00445. The van der Waals surface area contributed by atoms with Gasteiger partial charge in [-0.05, 0) is 13.8 Å². The first kappa shape index (κ1) is 15.0. The lowest BCUT2D eigenvalue weighted by Gasteiger charge is -2.18. The summed E-state index contributed by atoms with van der Waals surface area (Å²) in [5.74, 6) is 1.94. The number of aryl methyl sites for hydroxylation is 1. The molecule has 0 saturated carbocycles. The number of imidazole rings is 1. The summed E-state index contributed by atoms with van der Waals surface area (Å²) in [5, 5.41) is 2.92. The summed E-state index contributed by atoms with van der Waals surface area (Å²) >= 11 is 0. The zero-order chi connectivity index (χ0) is 15.4. The lowest BCUT2D eigenvalue weighted by molar-refractivity contribution is 0.222. The second-order valence-corrected chi connectivity index (χ2v) is 4.97. The van der Waals surface area contributed by atoms with Crippen LogP contribution in [0.2, 0.25) is 0 Å². The van der Waals surface area contributed by atoms with Gasteiger partial charge >= 0.3 is 6.01 Å². The summed E-state index contributed by atoms with van der Waals surface area (Å²) in [6, 6.07) is 0.311. The Labute approximate surface area is 124 Å². The van der Waals surface area contributed by atoms with E-state index < -0.39 is 0 Å². The molecule has 0 bridgehead atoms. The van der Waals surface area contributed by atoms with Crippen LogP contribution in [0.3, 0.4) is 0 Å². The Bertz CT molecular complexity index is 596. The molecule has 0 aliphatic heterocycles. The van der Waals surface area contributed by atoms with E-state index >= 15 is 0 Å². The van der Waals surface area contributed by atoms with Crippen LogP contribution in [0, 0.1) is 0 Å². The summed E-state index contributed by atoms with van der Waals surface area (Å²) < 4.78 is 7.52. The van der Waals surface area contributed by atoms with Crippen molar-refractivity contribution in [1.82, 2.24) is 24.5 Å². The Morgan fingerprint density at radius 2 is 2.10 bits per heavy atom. The van der Waals surface area contributed by atoms with Gasteiger partial charge in [-0.1, -0.05) is 0 Å². The van der Waals surface area contributed by atoms with E-state index in [0.29, 0.717) is 24.5 Å². The van der Waals surface area contributed by atoms with Crippen molar-refractivity contribution in [2.45, 2.75) is 26.5 Å². The van der Waals surface area contributed by atoms with Gasteiger partial charge in [-0.15, -0.1) is 0 Å². The Balaban J connectivity index is 2.22. The SMILES string of the molecule is CNc1nc(OC(C)C)nc(N(C)Cc2nccn2C)n1. The van der Waals surface area contributed by atoms with Gasteiger partial charge in [0.25, 0.3) is 0 Å². The Morgan fingerprint density at radius 3 is 2.67 bits per heavy atom. The van der Waals surface area contributed by atoms with Crippen LogP contribution in [0.4, 0.5) is 11.9 Å². The first-order valence-corrected chi connectivity index (χ1v) is 6.77. The van der Waals surface area contributed by atoms with Crippen molar-refractivity contribution in [1.29, 1.82) is 0 Å². The van der Waals surface area contributed by atoms with E-state index in [1.807, 2.05) is 43.6 Å². The first-order valence-electron chi connectivity index (χ1n) is 6.77. The smallest absolute Gasteiger partial charge is 0.323 e. The maximum Gasteiger partial charge on any atom is 0.323 e. The molecule has 2 rings (SSSR count). The molecule has 0 aliphatic carbocycles. The van der Waals surface area contributed by atoms with E-state index in [1.165, 1.54) is 0 Å². The third kappa shape index (κ3) is 3.80. The molecule has 2 aromatic heterocycles. The standard InChI is InChI=1S/C13H21N7O/c1-9(2)21-13-17-11(14-3)16-12(18-13)20(5)8-10-15-6-7-19(10)4/h6-7,9H,8H2,1-5H3,(H,14,16,17,18). The molecular weight excluding hydrogens is 270 g/mol. The van der Waals surface area contributed by atoms with Crippen LogP contribution < -0.4 is 15.0 Å². The molecule has 114 valence electrons. The fourth-order valence-corrected chi connectivity index (χ4v) is 1.72. The second kappa shape index (κ2) is 6.38. The van der Waals surface area contributed by atoms with Crippen LogP contribution in [0.1, 0.15) is 19.7 Å². The Morgan fingerprint density at radius 1 is 1.33 bits per heavy atom. The predicted molar refractivity (Wildman–Crippen MR) is 80.5 cm³/mol. The van der Waals surface area contributed by atoms with Crippen LogP contribution in [0.25, 0.3) is 0 Å². The number of hydrogen-bond acceptors (Lipinski definition) is 7. The average molecular weight is 291 g/mol. The molecule has 1 N–H and O–H groups in total. The largest absolute Gasteiger partial charge is 0.461 e. The molecule has 0 spiro atoms. The minimum Gasteiger partial charge on any atom is -0.461 e. The van der Waals surface area contributed by atoms with Crippen molar-refractivity contribution < 1.29 is 4.74 Å². The zero-order valence-electron chi connectivity index (χ0n) is 13.0. The van der Waals surface area contributed by atoms with E-state index in [2.05, 4.69) is 25.3 Å². The summed E-state index contributed by atoms with van der Waals surface area (Å²) in [6.07, 6.45) is 3.68. The van der Waals surface area contributed by atoms with Crippen molar-refractivity contribution in [3.8, 4) is 6.01 Å². The van der Waals surface area contributed by atoms with Gasteiger partial charge in [-0.25, -0.2) is 4.98 Å². The summed E-state index contributed by atoms with van der Waals surface area (Å²) in [6.45, 7) is 4.46. The molecular formula is C13H21N7O. The third-order valence-electron chi connectivity index (χ3n) is 2.81. The topological polar surface area (TPSA) is 81.0 Å². The molecule has 0 amide bonds. The Kier molecular flexibility index (Phi) is 4.56. The van der Waals surface area contributed by atoms with Gasteiger partial charge in [-0.3, -0.25) is 0 Å². The monoisotopic (exact) mass is 291 g/mol. The van der Waals surface area contributed by atoms with Crippen LogP contribution >= 0.6 is 0 Å². The van der Waals surface area contributed by atoms with Gasteiger partial charge in [0.2, 0.25) is 11.9 Å². The summed E-state index contributed by atoms with van der Waals surface area (Å²) in [5.41, 5.74) is 0. The highest BCUT2D eigenvalue weighted by molar-refractivity contribution is 5.37.